The van der Waals surface area contributed by atoms with E-state index in [-0.39, 0.29) is 6.04 Å². The molecule has 1 unspecified atom stereocenters. The molecule has 0 fully saturated rings. The monoisotopic (exact) mass is 641 g/mol. The molecule has 2 heterocycles. The Hall–Kier alpha value is -6.45. The van der Waals surface area contributed by atoms with Gasteiger partial charge in [-0.15, -0.1) is 0 Å². The van der Waals surface area contributed by atoms with E-state index in [0.29, 0.717) is 0 Å². The highest BCUT2D eigenvalue weighted by Crippen LogP contribution is 2.43. The summed E-state index contributed by atoms with van der Waals surface area (Å²) in [6.07, 6.45) is 8.47. The summed E-state index contributed by atoms with van der Waals surface area (Å²) < 4.78 is 0. The zero-order valence-corrected chi connectivity index (χ0v) is 27.6. The molecule has 0 amide bonds. The predicted molar refractivity (Wildman–Crippen MR) is 211 cm³/mol. The lowest BCUT2D eigenvalue weighted by Crippen LogP contribution is -2.31. The van der Waals surface area contributed by atoms with Crippen LogP contribution in [0, 0.1) is 0 Å². The van der Waals surface area contributed by atoms with Gasteiger partial charge >= 0.3 is 0 Å². The number of rotatable bonds is 6. The fourth-order valence-corrected chi connectivity index (χ4v) is 7.37. The predicted octanol–water partition coefficient (Wildman–Crippen LogP) is 11.0. The third-order valence-corrected chi connectivity index (χ3v) is 9.78. The second-order valence-corrected chi connectivity index (χ2v) is 12.8. The summed E-state index contributed by atoms with van der Waals surface area (Å²) in [5, 5.41) is 12.1. The van der Waals surface area contributed by atoms with Crippen LogP contribution < -0.4 is 10.6 Å². The van der Waals surface area contributed by atoms with Gasteiger partial charge in [0, 0.05) is 12.1 Å². The topological polar surface area (TPSA) is 36.4 Å². The van der Waals surface area contributed by atoms with Crippen molar-refractivity contribution >= 4 is 38.7 Å². The van der Waals surface area contributed by atoms with Crippen LogP contribution in [0.2, 0.25) is 0 Å². The van der Waals surface area contributed by atoms with Crippen LogP contribution >= 0.6 is 0 Å². The van der Waals surface area contributed by atoms with Gasteiger partial charge in [-0.05, 0) is 90.5 Å². The third-order valence-electron chi connectivity index (χ3n) is 9.78. The summed E-state index contributed by atoms with van der Waals surface area (Å²) in [6.45, 7) is 0.836. The molecule has 0 aromatic heterocycles. The molecule has 0 aliphatic carbocycles. The fourth-order valence-electron chi connectivity index (χ4n) is 7.37. The van der Waals surface area contributed by atoms with E-state index < -0.39 is 0 Å². The summed E-state index contributed by atoms with van der Waals surface area (Å²) in [5.74, 6) is 0.862. The van der Waals surface area contributed by atoms with Gasteiger partial charge in [-0.3, -0.25) is 0 Å². The number of allylic oxidation sites excluding steroid dienone is 2. The van der Waals surface area contributed by atoms with E-state index in [1.54, 1.807) is 0 Å². The first-order valence-corrected chi connectivity index (χ1v) is 17.2. The van der Waals surface area contributed by atoms with Crippen molar-refractivity contribution in [1.82, 2.24) is 10.6 Å². The smallest absolute Gasteiger partial charge is 0.134 e. The maximum Gasteiger partial charge on any atom is 0.134 e. The molecule has 0 bridgehead atoms. The first-order chi connectivity index (χ1) is 24.8. The van der Waals surface area contributed by atoms with Crippen LogP contribution in [0.5, 0.6) is 0 Å². The maximum absolute atomic E-state index is 5.24. The summed E-state index contributed by atoms with van der Waals surface area (Å²) in [7, 11) is 0. The van der Waals surface area contributed by atoms with E-state index in [2.05, 4.69) is 187 Å². The lowest BCUT2D eigenvalue weighted by molar-refractivity contribution is 0.780. The lowest BCUT2D eigenvalue weighted by atomic mass is 9.85. The van der Waals surface area contributed by atoms with Crippen LogP contribution in [-0.4, -0.2) is 12.4 Å². The Balaban J connectivity index is 1.16. The Bertz CT molecular complexity index is 2430. The fraction of sp³-hybridized carbons (Fsp3) is 0.0426. The van der Waals surface area contributed by atoms with Gasteiger partial charge in [0.2, 0.25) is 0 Å². The molecular formula is C47H35N3. The molecule has 1 atom stereocenters. The summed E-state index contributed by atoms with van der Waals surface area (Å²) in [5.41, 5.74) is 11.7. The first-order valence-electron chi connectivity index (χ1n) is 17.2. The SMILES string of the molecule is C1=CNCC(c2ccc(C3C=C(c4ccccc4)N=C(c4cccc(-c5c6ccccc6c(-c6ccccc6)c6ccccc56)c4)N3)cc2)=C1. The van der Waals surface area contributed by atoms with Gasteiger partial charge < -0.3 is 10.6 Å². The van der Waals surface area contributed by atoms with E-state index in [9.17, 15) is 0 Å². The number of amidine groups is 1. The number of benzene rings is 7. The second-order valence-electron chi connectivity index (χ2n) is 12.8. The van der Waals surface area contributed by atoms with Gasteiger partial charge in [-0.25, -0.2) is 4.99 Å². The van der Waals surface area contributed by atoms with Crippen molar-refractivity contribution in [2.24, 2.45) is 4.99 Å². The van der Waals surface area contributed by atoms with Crippen LogP contribution in [0.25, 0.3) is 55.1 Å². The molecule has 50 heavy (non-hydrogen) atoms. The maximum atomic E-state index is 5.24. The standard InChI is InChI=1S/C47H35N3/c1-3-13-33(14-4-1)43-30-44(34-26-24-32(25-27-34)38-19-12-28-48-31-38)50-47(49-43)37-18-11-17-36(29-37)46-41-22-9-7-20-39(41)45(35-15-5-2-6-16-35)40-21-8-10-23-42(40)46/h1-30,44,48H,31H2,(H,49,50). The van der Waals surface area contributed by atoms with Crippen LogP contribution in [0.3, 0.4) is 0 Å². The van der Waals surface area contributed by atoms with Crippen molar-refractivity contribution in [3.05, 3.63) is 204 Å². The lowest BCUT2D eigenvalue weighted by Gasteiger charge is -2.25. The Labute approximate surface area is 292 Å². The van der Waals surface area contributed by atoms with Gasteiger partial charge in [0.25, 0.3) is 0 Å². The highest BCUT2D eigenvalue weighted by atomic mass is 15.0. The Morgan fingerprint density at radius 2 is 1.06 bits per heavy atom. The molecule has 2 aliphatic rings. The molecule has 3 heteroatoms. The molecule has 0 radical (unpaired) electrons. The highest BCUT2D eigenvalue weighted by molar-refractivity contribution is 6.21. The number of nitrogens with zero attached hydrogens (tertiary/aromatic N) is 1. The molecule has 2 aliphatic heterocycles. The van der Waals surface area contributed by atoms with Crippen LogP contribution in [0.1, 0.15) is 28.3 Å². The first kappa shape index (κ1) is 29.7. The molecule has 7 aromatic carbocycles. The van der Waals surface area contributed by atoms with E-state index in [1.807, 2.05) is 6.20 Å². The summed E-state index contributed by atoms with van der Waals surface area (Å²) in [4.78, 5) is 5.24. The van der Waals surface area contributed by atoms with Crippen LogP contribution in [0.4, 0.5) is 0 Å². The molecule has 9 rings (SSSR count). The number of hydrogen-bond acceptors (Lipinski definition) is 3. The number of fused-ring (bicyclic) bond motifs is 2. The van der Waals surface area contributed by atoms with Gasteiger partial charge in [0.15, 0.2) is 0 Å². The summed E-state index contributed by atoms with van der Waals surface area (Å²) >= 11 is 0. The highest BCUT2D eigenvalue weighted by Gasteiger charge is 2.22. The molecule has 0 spiro atoms. The minimum Gasteiger partial charge on any atom is -0.387 e. The molecule has 0 saturated heterocycles. The molecule has 2 N–H and O–H groups in total. The van der Waals surface area contributed by atoms with Crippen molar-refractivity contribution in [3.8, 4) is 22.3 Å². The number of nitrogens with one attached hydrogen (secondary N) is 2. The van der Waals surface area contributed by atoms with Crippen molar-refractivity contribution < 1.29 is 0 Å². The van der Waals surface area contributed by atoms with Gasteiger partial charge in [-0.2, -0.15) is 0 Å². The van der Waals surface area contributed by atoms with Crippen molar-refractivity contribution in [1.29, 1.82) is 0 Å². The Morgan fingerprint density at radius 1 is 0.500 bits per heavy atom. The van der Waals surface area contributed by atoms with Gasteiger partial charge in [0.1, 0.15) is 5.84 Å². The van der Waals surface area contributed by atoms with E-state index in [0.717, 1.165) is 29.2 Å². The van der Waals surface area contributed by atoms with Crippen molar-refractivity contribution in [2.45, 2.75) is 6.04 Å². The molecule has 3 nitrogen and oxygen atoms in total. The molecule has 238 valence electrons. The zero-order chi connectivity index (χ0) is 33.3. The van der Waals surface area contributed by atoms with Gasteiger partial charge in [0.05, 0.1) is 11.7 Å². The quantitative estimate of drug-likeness (QED) is 0.177. The number of hydrogen-bond donors (Lipinski definition) is 2. The second kappa shape index (κ2) is 12.9. The normalized spacial score (nSPS) is 15.5. The summed E-state index contributed by atoms with van der Waals surface area (Å²) in [6, 6.07) is 56.6. The van der Waals surface area contributed by atoms with Crippen molar-refractivity contribution in [3.63, 3.8) is 0 Å². The Kier molecular flexibility index (Phi) is 7.64. The Morgan fingerprint density at radius 3 is 1.68 bits per heavy atom. The average Bonchev–Trinajstić information content (AvgIpc) is 3.21. The number of aliphatic imine (C=N–C) groups is 1. The van der Waals surface area contributed by atoms with E-state index in [1.165, 1.54) is 60.5 Å². The van der Waals surface area contributed by atoms with E-state index in [4.69, 9.17) is 4.99 Å². The molecule has 7 aromatic rings. The van der Waals surface area contributed by atoms with Crippen LogP contribution in [0.15, 0.2) is 187 Å². The molecule has 0 saturated carbocycles. The number of dihydropyridines is 1. The largest absolute Gasteiger partial charge is 0.387 e. The van der Waals surface area contributed by atoms with Crippen molar-refractivity contribution in [2.75, 3.05) is 6.54 Å². The van der Waals surface area contributed by atoms with E-state index >= 15 is 0 Å². The molecular weight excluding hydrogens is 607 g/mol. The minimum absolute atomic E-state index is 0.0411. The third kappa shape index (κ3) is 5.49. The van der Waals surface area contributed by atoms with Crippen LogP contribution in [-0.2, 0) is 0 Å². The zero-order valence-electron chi connectivity index (χ0n) is 27.6. The minimum atomic E-state index is -0.0411. The average molecular weight is 642 g/mol. The van der Waals surface area contributed by atoms with Gasteiger partial charge in [-0.1, -0.05) is 158 Å².